The SMILES string of the molecule is CCCN=C(N)NC(C)c1cc(C)oc1C. The molecule has 4 heteroatoms. The average Bonchev–Trinajstić information content (AvgIpc) is 2.54. The fourth-order valence-corrected chi connectivity index (χ4v) is 1.66. The molecule has 0 aromatic carbocycles. The normalized spacial score (nSPS) is 13.9. The van der Waals surface area contributed by atoms with Crippen LogP contribution in [0.25, 0.3) is 0 Å². The Labute approximate surface area is 96.9 Å². The number of rotatable bonds is 4. The van der Waals surface area contributed by atoms with Gasteiger partial charge in [-0.1, -0.05) is 6.92 Å². The van der Waals surface area contributed by atoms with E-state index in [1.165, 1.54) is 0 Å². The average molecular weight is 223 g/mol. The van der Waals surface area contributed by atoms with Gasteiger partial charge in [-0.25, -0.2) is 0 Å². The summed E-state index contributed by atoms with van der Waals surface area (Å²) in [5.41, 5.74) is 6.89. The van der Waals surface area contributed by atoms with Crippen LogP contribution in [0.1, 0.15) is 43.4 Å². The van der Waals surface area contributed by atoms with Gasteiger partial charge in [0.25, 0.3) is 0 Å². The predicted molar refractivity (Wildman–Crippen MR) is 66.5 cm³/mol. The van der Waals surface area contributed by atoms with Crippen LogP contribution in [0.15, 0.2) is 15.5 Å². The molecule has 1 unspecified atom stereocenters. The highest BCUT2D eigenvalue weighted by Gasteiger charge is 2.12. The van der Waals surface area contributed by atoms with Gasteiger partial charge in [-0.3, -0.25) is 4.99 Å². The molecule has 0 spiro atoms. The monoisotopic (exact) mass is 223 g/mol. The van der Waals surface area contributed by atoms with Gasteiger partial charge in [-0.05, 0) is 33.3 Å². The molecule has 16 heavy (non-hydrogen) atoms. The molecule has 0 saturated heterocycles. The molecule has 90 valence electrons. The highest BCUT2D eigenvalue weighted by atomic mass is 16.3. The Morgan fingerprint density at radius 3 is 2.75 bits per heavy atom. The number of nitrogens with two attached hydrogens (primary N) is 1. The van der Waals surface area contributed by atoms with Crippen molar-refractivity contribution in [2.45, 2.75) is 40.2 Å². The highest BCUT2D eigenvalue weighted by Crippen LogP contribution is 2.20. The first-order valence-electron chi connectivity index (χ1n) is 5.68. The molecule has 1 heterocycles. The van der Waals surface area contributed by atoms with Gasteiger partial charge < -0.3 is 15.5 Å². The standard InChI is InChI=1S/C12H21N3O/c1-5-6-14-12(13)15-9(3)11-7-8(2)16-10(11)4/h7,9H,5-6H2,1-4H3,(H3,13,14,15). The zero-order valence-electron chi connectivity index (χ0n) is 10.5. The number of hydrogen-bond acceptors (Lipinski definition) is 2. The summed E-state index contributed by atoms with van der Waals surface area (Å²) in [5, 5.41) is 3.15. The van der Waals surface area contributed by atoms with Gasteiger partial charge in [0.15, 0.2) is 5.96 Å². The number of nitrogens with one attached hydrogen (secondary N) is 1. The molecular weight excluding hydrogens is 202 g/mol. The Bertz CT molecular complexity index is 368. The van der Waals surface area contributed by atoms with Crippen molar-refractivity contribution in [3.05, 3.63) is 23.2 Å². The molecule has 0 aliphatic heterocycles. The van der Waals surface area contributed by atoms with Crippen molar-refractivity contribution in [3.8, 4) is 0 Å². The maximum atomic E-state index is 5.76. The number of furan rings is 1. The predicted octanol–water partition coefficient (Wildman–Crippen LogP) is 2.27. The van der Waals surface area contributed by atoms with E-state index in [4.69, 9.17) is 10.2 Å². The summed E-state index contributed by atoms with van der Waals surface area (Å²) < 4.78 is 5.48. The summed E-state index contributed by atoms with van der Waals surface area (Å²) >= 11 is 0. The summed E-state index contributed by atoms with van der Waals surface area (Å²) in [5.74, 6) is 2.35. The van der Waals surface area contributed by atoms with Gasteiger partial charge in [-0.15, -0.1) is 0 Å². The first-order chi connectivity index (χ1) is 7.54. The first-order valence-corrected chi connectivity index (χ1v) is 5.68. The van der Waals surface area contributed by atoms with Crippen molar-refractivity contribution >= 4 is 5.96 Å². The zero-order valence-corrected chi connectivity index (χ0v) is 10.5. The van der Waals surface area contributed by atoms with Crippen molar-refractivity contribution < 1.29 is 4.42 Å². The summed E-state index contributed by atoms with van der Waals surface area (Å²) in [4.78, 5) is 4.20. The van der Waals surface area contributed by atoms with Crippen LogP contribution in [-0.4, -0.2) is 12.5 Å². The quantitative estimate of drug-likeness (QED) is 0.608. The molecule has 0 radical (unpaired) electrons. The number of nitrogens with zero attached hydrogens (tertiary/aromatic N) is 1. The van der Waals surface area contributed by atoms with Crippen LogP contribution in [0.2, 0.25) is 0 Å². The number of aryl methyl sites for hydroxylation is 2. The Morgan fingerprint density at radius 2 is 2.25 bits per heavy atom. The van der Waals surface area contributed by atoms with Crippen molar-refractivity contribution in [1.82, 2.24) is 5.32 Å². The van der Waals surface area contributed by atoms with Gasteiger partial charge >= 0.3 is 0 Å². The van der Waals surface area contributed by atoms with Gasteiger partial charge in [0.2, 0.25) is 0 Å². The lowest BCUT2D eigenvalue weighted by molar-refractivity contribution is 0.497. The molecule has 4 nitrogen and oxygen atoms in total. The third-order valence-electron chi connectivity index (χ3n) is 2.42. The third kappa shape index (κ3) is 3.29. The first kappa shape index (κ1) is 12.6. The van der Waals surface area contributed by atoms with Crippen LogP contribution in [-0.2, 0) is 0 Å². The van der Waals surface area contributed by atoms with E-state index < -0.39 is 0 Å². The molecule has 0 bridgehead atoms. The molecule has 1 aromatic rings. The number of aliphatic imine (C=N–C) groups is 1. The molecule has 0 aliphatic carbocycles. The molecule has 1 atom stereocenters. The van der Waals surface area contributed by atoms with E-state index in [9.17, 15) is 0 Å². The van der Waals surface area contributed by atoms with Crippen LogP contribution in [0, 0.1) is 13.8 Å². The Hall–Kier alpha value is -1.45. The second kappa shape index (κ2) is 5.58. The van der Waals surface area contributed by atoms with Crippen LogP contribution in [0.3, 0.4) is 0 Å². The lowest BCUT2D eigenvalue weighted by Gasteiger charge is -2.13. The fourth-order valence-electron chi connectivity index (χ4n) is 1.66. The van der Waals surface area contributed by atoms with Crippen LogP contribution < -0.4 is 11.1 Å². The van der Waals surface area contributed by atoms with Crippen LogP contribution in [0.4, 0.5) is 0 Å². The van der Waals surface area contributed by atoms with E-state index in [1.807, 2.05) is 26.8 Å². The molecule has 1 aromatic heterocycles. The van der Waals surface area contributed by atoms with E-state index in [0.717, 1.165) is 30.0 Å². The maximum Gasteiger partial charge on any atom is 0.189 e. The summed E-state index contributed by atoms with van der Waals surface area (Å²) in [7, 11) is 0. The van der Waals surface area contributed by atoms with Crippen LogP contribution in [0.5, 0.6) is 0 Å². The zero-order chi connectivity index (χ0) is 12.1. The molecular formula is C12H21N3O. The molecule has 1 rings (SSSR count). The van der Waals surface area contributed by atoms with Gasteiger partial charge in [0, 0.05) is 12.1 Å². The lowest BCUT2D eigenvalue weighted by atomic mass is 10.1. The molecule has 0 fully saturated rings. The van der Waals surface area contributed by atoms with Crippen molar-refractivity contribution in [2.75, 3.05) is 6.54 Å². The minimum atomic E-state index is 0.123. The van der Waals surface area contributed by atoms with E-state index in [1.54, 1.807) is 0 Å². The Balaban J connectivity index is 2.65. The Kier molecular flexibility index (Phi) is 4.40. The number of hydrogen-bond donors (Lipinski definition) is 2. The maximum absolute atomic E-state index is 5.76. The highest BCUT2D eigenvalue weighted by molar-refractivity contribution is 5.78. The van der Waals surface area contributed by atoms with E-state index in [0.29, 0.717) is 5.96 Å². The van der Waals surface area contributed by atoms with Gasteiger partial charge in [0.05, 0.1) is 6.04 Å². The Morgan fingerprint density at radius 1 is 1.56 bits per heavy atom. The fraction of sp³-hybridized carbons (Fsp3) is 0.583. The van der Waals surface area contributed by atoms with Crippen molar-refractivity contribution in [2.24, 2.45) is 10.7 Å². The minimum Gasteiger partial charge on any atom is -0.466 e. The smallest absolute Gasteiger partial charge is 0.189 e. The van der Waals surface area contributed by atoms with Crippen molar-refractivity contribution in [1.29, 1.82) is 0 Å². The summed E-state index contributed by atoms with van der Waals surface area (Å²) in [6.07, 6.45) is 1.00. The molecule has 0 saturated carbocycles. The van der Waals surface area contributed by atoms with Crippen LogP contribution >= 0.6 is 0 Å². The summed E-state index contributed by atoms with van der Waals surface area (Å²) in [6.45, 7) is 8.78. The lowest BCUT2D eigenvalue weighted by Crippen LogP contribution is -2.34. The summed E-state index contributed by atoms with van der Waals surface area (Å²) in [6, 6.07) is 2.15. The third-order valence-corrected chi connectivity index (χ3v) is 2.42. The van der Waals surface area contributed by atoms with Gasteiger partial charge in [0.1, 0.15) is 11.5 Å². The van der Waals surface area contributed by atoms with E-state index >= 15 is 0 Å². The molecule has 0 aliphatic rings. The van der Waals surface area contributed by atoms with Crippen molar-refractivity contribution in [3.63, 3.8) is 0 Å². The largest absolute Gasteiger partial charge is 0.466 e. The second-order valence-electron chi connectivity index (χ2n) is 4.00. The van der Waals surface area contributed by atoms with Gasteiger partial charge in [-0.2, -0.15) is 0 Å². The van der Waals surface area contributed by atoms with E-state index in [2.05, 4.69) is 17.2 Å². The minimum absolute atomic E-state index is 0.123. The topological polar surface area (TPSA) is 63.5 Å². The second-order valence-corrected chi connectivity index (χ2v) is 4.00. The number of guanidine groups is 1. The molecule has 3 N–H and O–H groups in total. The molecule has 0 amide bonds. The van der Waals surface area contributed by atoms with E-state index in [-0.39, 0.29) is 6.04 Å².